The van der Waals surface area contributed by atoms with Gasteiger partial charge >= 0.3 is 19.8 Å². The quantitative estimate of drug-likeness (QED) is 0.0588. The van der Waals surface area contributed by atoms with Crippen molar-refractivity contribution in [2.75, 3.05) is 13.2 Å². The van der Waals surface area contributed by atoms with Crippen LogP contribution in [0.2, 0.25) is 0 Å². The van der Waals surface area contributed by atoms with Crippen LogP contribution in [0.4, 0.5) is 0 Å². The highest BCUT2D eigenvalue weighted by Crippen LogP contribution is 2.47. The molecule has 0 spiro atoms. The van der Waals surface area contributed by atoms with Gasteiger partial charge in [-0.2, -0.15) is 0 Å². The lowest BCUT2D eigenvalue weighted by Gasteiger charge is -2.41. The van der Waals surface area contributed by atoms with Crippen LogP contribution in [0, 0.1) is 0 Å². The summed E-state index contributed by atoms with van der Waals surface area (Å²) < 4.78 is 32.8. The zero-order chi connectivity index (χ0) is 30.8. The highest BCUT2D eigenvalue weighted by molar-refractivity contribution is 7.47. The van der Waals surface area contributed by atoms with Gasteiger partial charge in [-0.05, 0) is 12.8 Å². The van der Waals surface area contributed by atoms with Gasteiger partial charge in [0.1, 0.15) is 43.2 Å². The van der Waals surface area contributed by atoms with Crippen LogP contribution in [-0.2, 0) is 32.7 Å². The molecule has 6 unspecified atom stereocenters. The maximum atomic E-state index is 12.6. The lowest BCUT2D eigenvalue weighted by molar-refractivity contribution is -0.220. The number of aliphatic hydroxyl groups is 5. The van der Waals surface area contributed by atoms with Gasteiger partial charge in [0, 0.05) is 12.8 Å². The summed E-state index contributed by atoms with van der Waals surface area (Å²) in [6.45, 7) is 3.05. The molecule has 242 valence electrons. The van der Waals surface area contributed by atoms with Crippen molar-refractivity contribution in [3.8, 4) is 0 Å². The van der Waals surface area contributed by atoms with Gasteiger partial charge in [-0.3, -0.25) is 18.6 Å². The van der Waals surface area contributed by atoms with E-state index in [9.17, 15) is 44.6 Å². The molecule has 1 saturated carbocycles. The van der Waals surface area contributed by atoms with E-state index in [1.807, 2.05) is 0 Å². The summed E-state index contributed by atoms with van der Waals surface area (Å²) in [7, 11) is -5.08. The number of carbonyl (C=O) groups is 2. The monoisotopic (exact) mass is 614 g/mol. The van der Waals surface area contributed by atoms with Crippen molar-refractivity contribution in [2.24, 2.45) is 0 Å². The van der Waals surface area contributed by atoms with Crippen molar-refractivity contribution in [1.29, 1.82) is 0 Å². The summed E-state index contributed by atoms with van der Waals surface area (Å²) in [5.41, 5.74) is 0. The molecular formula is C27H51O13P. The minimum Gasteiger partial charge on any atom is -0.462 e. The molecule has 0 bridgehead atoms. The minimum absolute atomic E-state index is 0.0974. The van der Waals surface area contributed by atoms with Crippen LogP contribution in [0.15, 0.2) is 0 Å². The fourth-order valence-electron chi connectivity index (χ4n) is 4.40. The van der Waals surface area contributed by atoms with E-state index in [0.29, 0.717) is 12.8 Å². The standard InChI is InChI=1S/C27H51O13P/c1-3-5-7-9-11-13-15-20(28)37-17-19(39-21(29)16-14-12-10-8-6-4-2)18-38-41(35,36)40-27-25(33)23(31)22(30)24(32)26(27)34/h19,22-27,30-34H,3-18H2,1-2H3,(H,35,36). The van der Waals surface area contributed by atoms with Crippen molar-refractivity contribution in [3.05, 3.63) is 0 Å². The van der Waals surface area contributed by atoms with Gasteiger partial charge < -0.3 is 39.9 Å². The molecule has 6 N–H and O–H groups in total. The van der Waals surface area contributed by atoms with Crippen molar-refractivity contribution in [1.82, 2.24) is 0 Å². The summed E-state index contributed by atoms with van der Waals surface area (Å²) in [4.78, 5) is 34.7. The number of carbonyl (C=O) groups excluding carboxylic acids is 2. The third kappa shape index (κ3) is 15.2. The number of hydrogen-bond acceptors (Lipinski definition) is 12. The van der Waals surface area contributed by atoms with Crippen molar-refractivity contribution >= 4 is 19.8 Å². The first kappa shape index (κ1) is 37.9. The Morgan fingerprint density at radius 2 is 1.10 bits per heavy atom. The Kier molecular flexibility index (Phi) is 19.1. The molecule has 1 aliphatic rings. The lowest BCUT2D eigenvalue weighted by Crippen LogP contribution is -2.64. The van der Waals surface area contributed by atoms with Gasteiger partial charge in [-0.25, -0.2) is 4.57 Å². The summed E-state index contributed by atoms with van der Waals surface area (Å²) in [6.07, 6.45) is -1.33. The molecule has 0 aliphatic heterocycles. The minimum atomic E-state index is -5.08. The van der Waals surface area contributed by atoms with Gasteiger partial charge in [0.05, 0.1) is 6.61 Å². The average Bonchev–Trinajstić information content (AvgIpc) is 2.94. The number of esters is 2. The summed E-state index contributed by atoms with van der Waals surface area (Å²) in [5.74, 6) is -1.12. The fourth-order valence-corrected chi connectivity index (χ4v) is 5.37. The molecule has 6 atom stereocenters. The highest BCUT2D eigenvalue weighted by Gasteiger charge is 2.51. The van der Waals surface area contributed by atoms with E-state index in [-0.39, 0.29) is 12.8 Å². The second-order valence-corrected chi connectivity index (χ2v) is 12.0. The smallest absolute Gasteiger partial charge is 0.462 e. The molecule has 1 rings (SSSR count). The second-order valence-electron chi connectivity index (χ2n) is 10.6. The summed E-state index contributed by atoms with van der Waals surface area (Å²) >= 11 is 0. The molecule has 0 heterocycles. The maximum absolute atomic E-state index is 12.6. The predicted octanol–water partition coefficient (Wildman–Crippen LogP) is 2.26. The Hall–Kier alpha value is -1.15. The van der Waals surface area contributed by atoms with Crippen LogP contribution < -0.4 is 0 Å². The SMILES string of the molecule is CCCCCCCCC(=O)OCC(COP(=O)(O)OC1C(O)C(O)C(O)C(O)C1O)OC(=O)CCCCCCCC. The molecule has 14 heteroatoms. The molecule has 0 aromatic carbocycles. The molecule has 0 amide bonds. The number of phosphoric acid groups is 1. The molecule has 0 radical (unpaired) electrons. The van der Waals surface area contributed by atoms with Crippen LogP contribution in [0.3, 0.4) is 0 Å². The van der Waals surface area contributed by atoms with E-state index in [1.165, 1.54) is 0 Å². The van der Waals surface area contributed by atoms with E-state index >= 15 is 0 Å². The number of rotatable bonds is 22. The summed E-state index contributed by atoms with van der Waals surface area (Å²) in [6, 6.07) is 0. The molecule has 41 heavy (non-hydrogen) atoms. The van der Waals surface area contributed by atoms with E-state index in [2.05, 4.69) is 13.8 Å². The predicted molar refractivity (Wildman–Crippen MR) is 148 cm³/mol. The second kappa shape index (κ2) is 20.7. The Bertz CT molecular complexity index is 766. The van der Waals surface area contributed by atoms with E-state index in [0.717, 1.165) is 64.2 Å². The Morgan fingerprint density at radius 1 is 0.659 bits per heavy atom. The van der Waals surface area contributed by atoms with Crippen molar-refractivity contribution in [2.45, 2.75) is 146 Å². The van der Waals surface area contributed by atoms with E-state index in [4.69, 9.17) is 18.5 Å². The van der Waals surface area contributed by atoms with Crippen LogP contribution in [0.25, 0.3) is 0 Å². The Labute approximate surface area is 242 Å². The average molecular weight is 615 g/mol. The third-order valence-electron chi connectivity index (χ3n) is 6.95. The number of aliphatic hydroxyl groups excluding tert-OH is 5. The van der Waals surface area contributed by atoms with Crippen LogP contribution in [0.1, 0.15) is 104 Å². The van der Waals surface area contributed by atoms with Gasteiger partial charge in [-0.1, -0.05) is 78.1 Å². The van der Waals surface area contributed by atoms with E-state index in [1.54, 1.807) is 0 Å². The lowest BCUT2D eigenvalue weighted by atomic mass is 9.85. The molecule has 0 saturated heterocycles. The van der Waals surface area contributed by atoms with Crippen LogP contribution >= 0.6 is 7.82 Å². The zero-order valence-corrected chi connectivity index (χ0v) is 25.2. The maximum Gasteiger partial charge on any atom is 0.472 e. The first-order valence-corrected chi connectivity index (χ1v) is 16.3. The van der Waals surface area contributed by atoms with Gasteiger partial charge in [0.2, 0.25) is 0 Å². The fraction of sp³-hybridized carbons (Fsp3) is 0.926. The summed E-state index contributed by atoms with van der Waals surface area (Å²) in [5, 5.41) is 49.4. The molecule has 1 aliphatic carbocycles. The van der Waals surface area contributed by atoms with E-state index < -0.39 is 75.7 Å². The van der Waals surface area contributed by atoms with Crippen molar-refractivity contribution < 1.29 is 63.1 Å². The molecule has 13 nitrogen and oxygen atoms in total. The number of unbranched alkanes of at least 4 members (excludes halogenated alkanes) is 10. The molecule has 0 aromatic heterocycles. The van der Waals surface area contributed by atoms with Crippen molar-refractivity contribution in [3.63, 3.8) is 0 Å². The van der Waals surface area contributed by atoms with Gasteiger partial charge in [0.25, 0.3) is 0 Å². The third-order valence-corrected chi connectivity index (χ3v) is 7.93. The number of ether oxygens (including phenoxy) is 2. The first-order valence-electron chi connectivity index (χ1n) is 14.8. The molecule has 0 aromatic rings. The first-order chi connectivity index (χ1) is 19.4. The number of hydrogen-bond donors (Lipinski definition) is 6. The largest absolute Gasteiger partial charge is 0.472 e. The topological polar surface area (TPSA) is 210 Å². The normalized spacial score (nSPS) is 26.7. The van der Waals surface area contributed by atoms with Gasteiger partial charge in [-0.15, -0.1) is 0 Å². The highest BCUT2D eigenvalue weighted by atomic mass is 31.2. The molecule has 1 fully saturated rings. The van der Waals surface area contributed by atoms with Gasteiger partial charge in [0.15, 0.2) is 6.10 Å². The molecular weight excluding hydrogens is 563 g/mol. The number of phosphoric ester groups is 1. The van der Waals surface area contributed by atoms with Crippen LogP contribution in [-0.4, -0.2) is 98.3 Å². The van der Waals surface area contributed by atoms with Crippen LogP contribution in [0.5, 0.6) is 0 Å². The zero-order valence-electron chi connectivity index (χ0n) is 24.3. The Balaban J connectivity index is 2.68. The Morgan fingerprint density at radius 3 is 1.61 bits per heavy atom.